The number of ketones is 1. The van der Waals surface area contributed by atoms with Crippen LogP contribution in [-0.2, 0) is 14.4 Å². The molecule has 4 rings (SSSR count). The number of carbonyl (C=O) groups is 3. The molecule has 4 atom stereocenters. The van der Waals surface area contributed by atoms with Crippen LogP contribution in [0.15, 0.2) is 54.6 Å². The number of aryl methyl sites for hydroxylation is 4. The van der Waals surface area contributed by atoms with Gasteiger partial charge in [0.2, 0.25) is 11.8 Å². The Morgan fingerprint density at radius 2 is 1.43 bits per heavy atom. The van der Waals surface area contributed by atoms with Crippen LogP contribution < -0.4 is 20.1 Å². The Labute approximate surface area is 260 Å². The van der Waals surface area contributed by atoms with Crippen molar-refractivity contribution in [1.29, 1.82) is 0 Å². The Morgan fingerprint density at radius 3 is 1.98 bits per heavy atom. The molecule has 8 heteroatoms. The van der Waals surface area contributed by atoms with Crippen molar-refractivity contribution in [3.8, 4) is 11.5 Å². The topological polar surface area (TPSA) is 114 Å². The molecule has 0 spiro atoms. The highest BCUT2D eigenvalue weighted by Crippen LogP contribution is 2.48. The van der Waals surface area contributed by atoms with Gasteiger partial charge in [-0.15, -0.1) is 0 Å². The second kappa shape index (κ2) is 13.6. The monoisotopic (exact) mass is 600 g/mol. The SMILES string of the molecule is CCCOc1ccc(C2C(C(=O)Nc3ccc(C)cc3C)C(=O)CC(C)(O)C2C(=O)Nc2ccc(C)cc2C)cc1OCC. The minimum Gasteiger partial charge on any atom is -0.490 e. The minimum atomic E-state index is -1.73. The van der Waals surface area contributed by atoms with E-state index in [1.54, 1.807) is 24.3 Å². The molecule has 0 aromatic heterocycles. The van der Waals surface area contributed by atoms with Gasteiger partial charge in [-0.3, -0.25) is 14.4 Å². The molecule has 0 bridgehead atoms. The molecule has 1 saturated carbocycles. The first-order valence-electron chi connectivity index (χ1n) is 15.3. The number of ether oxygens (including phenoxy) is 2. The molecule has 2 amide bonds. The van der Waals surface area contributed by atoms with Crippen LogP contribution in [-0.4, -0.2) is 41.5 Å². The standard InChI is InChI=1S/C36H44N2O6/c1-8-16-44-29-15-12-25(19-30(29)43-9-2)31-32(34(40)37-26-13-10-21(3)17-23(26)5)28(39)20-36(7,42)33(31)35(41)38-27-14-11-22(4)18-24(27)6/h10-15,17-19,31-33,42H,8-9,16,20H2,1-7H3,(H,37,40)(H,38,41). The zero-order valence-electron chi connectivity index (χ0n) is 26.7. The van der Waals surface area contributed by atoms with E-state index in [1.807, 2.05) is 71.9 Å². The van der Waals surface area contributed by atoms with Crippen molar-refractivity contribution in [2.75, 3.05) is 23.8 Å². The first-order valence-corrected chi connectivity index (χ1v) is 15.3. The van der Waals surface area contributed by atoms with E-state index in [2.05, 4.69) is 10.6 Å². The Kier molecular flexibility index (Phi) is 10.1. The lowest BCUT2D eigenvalue weighted by Crippen LogP contribution is -2.56. The first kappa shape index (κ1) is 32.7. The summed E-state index contributed by atoms with van der Waals surface area (Å²) in [5.41, 5.74) is 3.77. The summed E-state index contributed by atoms with van der Waals surface area (Å²) in [5, 5.41) is 17.7. The van der Waals surface area contributed by atoms with E-state index in [0.29, 0.717) is 41.7 Å². The second-order valence-electron chi connectivity index (χ2n) is 12.1. The minimum absolute atomic E-state index is 0.352. The summed E-state index contributed by atoms with van der Waals surface area (Å²) in [4.78, 5) is 42.0. The van der Waals surface area contributed by atoms with Gasteiger partial charge in [0.1, 0.15) is 11.7 Å². The maximum Gasteiger partial charge on any atom is 0.235 e. The van der Waals surface area contributed by atoms with E-state index in [0.717, 1.165) is 28.7 Å². The van der Waals surface area contributed by atoms with Gasteiger partial charge in [0.15, 0.2) is 11.5 Å². The number of rotatable bonds is 10. The van der Waals surface area contributed by atoms with Gasteiger partial charge < -0.3 is 25.2 Å². The van der Waals surface area contributed by atoms with Crippen LogP contribution in [0.25, 0.3) is 0 Å². The van der Waals surface area contributed by atoms with Crippen molar-refractivity contribution in [1.82, 2.24) is 0 Å². The molecule has 1 aliphatic carbocycles. The number of hydrogen-bond acceptors (Lipinski definition) is 6. The van der Waals surface area contributed by atoms with Crippen LogP contribution in [0, 0.1) is 39.5 Å². The van der Waals surface area contributed by atoms with Crippen LogP contribution in [0.3, 0.4) is 0 Å². The third-order valence-electron chi connectivity index (χ3n) is 8.23. The van der Waals surface area contributed by atoms with Gasteiger partial charge in [0, 0.05) is 23.7 Å². The lowest BCUT2D eigenvalue weighted by molar-refractivity contribution is -0.150. The molecule has 234 valence electrons. The normalized spacial score (nSPS) is 21.5. The number of anilines is 2. The van der Waals surface area contributed by atoms with Crippen LogP contribution >= 0.6 is 0 Å². The number of amides is 2. The van der Waals surface area contributed by atoms with E-state index in [4.69, 9.17) is 9.47 Å². The highest BCUT2D eigenvalue weighted by Gasteiger charge is 2.56. The van der Waals surface area contributed by atoms with Gasteiger partial charge in [0.25, 0.3) is 0 Å². The number of carbonyl (C=O) groups excluding carboxylic acids is 3. The molecule has 3 aromatic rings. The number of aliphatic hydroxyl groups is 1. The molecule has 3 aromatic carbocycles. The molecule has 0 radical (unpaired) electrons. The smallest absolute Gasteiger partial charge is 0.235 e. The maximum atomic E-state index is 14.2. The Morgan fingerprint density at radius 1 is 0.841 bits per heavy atom. The summed E-state index contributed by atoms with van der Waals surface area (Å²) in [6.07, 6.45) is 0.449. The lowest BCUT2D eigenvalue weighted by atomic mass is 9.61. The number of Topliss-reactive ketones (excluding diaryl/α,β-unsaturated/α-hetero) is 1. The first-order chi connectivity index (χ1) is 20.9. The van der Waals surface area contributed by atoms with Gasteiger partial charge in [0.05, 0.1) is 24.7 Å². The zero-order valence-corrected chi connectivity index (χ0v) is 26.7. The Hall–Kier alpha value is -4.17. The fourth-order valence-electron chi connectivity index (χ4n) is 6.15. The molecule has 1 aliphatic rings. The van der Waals surface area contributed by atoms with Gasteiger partial charge in [-0.1, -0.05) is 48.4 Å². The molecular weight excluding hydrogens is 556 g/mol. The molecule has 0 heterocycles. The molecule has 0 aliphatic heterocycles. The summed E-state index contributed by atoms with van der Waals surface area (Å²) in [5.74, 6) is -3.87. The van der Waals surface area contributed by atoms with Crippen molar-refractivity contribution in [3.63, 3.8) is 0 Å². The predicted molar refractivity (Wildman–Crippen MR) is 172 cm³/mol. The summed E-state index contributed by atoms with van der Waals surface area (Å²) < 4.78 is 11.8. The largest absolute Gasteiger partial charge is 0.490 e. The number of benzene rings is 3. The molecule has 3 N–H and O–H groups in total. The molecular formula is C36H44N2O6. The molecule has 0 saturated heterocycles. The molecule has 4 unspecified atom stereocenters. The highest BCUT2D eigenvalue weighted by atomic mass is 16.5. The summed E-state index contributed by atoms with van der Waals surface area (Å²) >= 11 is 0. The van der Waals surface area contributed by atoms with E-state index in [1.165, 1.54) is 6.92 Å². The summed E-state index contributed by atoms with van der Waals surface area (Å²) in [7, 11) is 0. The van der Waals surface area contributed by atoms with Crippen molar-refractivity contribution in [2.24, 2.45) is 11.8 Å². The Balaban J connectivity index is 1.84. The van der Waals surface area contributed by atoms with Gasteiger partial charge in [-0.25, -0.2) is 0 Å². The van der Waals surface area contributed by atoms with Crippen molar-refractivity contribution >= 4 is 29.0 Å². The second-order valence-corrected chi connectivity index (χ2v) is 12.1. The lowest BCUT2D eigenvalue weighted by Gasteiger charge is -2.44. The van der Waals surface area contributed by atoms with Crippen molar-refractivity contribution in [3.05, 3.63) is 82.4 Å². The molecule has 1 fully saturated rings. The fourth-order valence-corrected chi connectivity index (χ4v) is 6.15. The van der Waals surface area contributed by atoms with Crippen LogP contribution in [0.5, 0.6) is 11.5 Å². The van der Waals surface area contributed by atoms with Crippen LogP contribution in [0.4, 0.5) is 11.4 Å². The third kappa shape index (κ3) is 7.13. The van der Waals surface area contributed by atoms with Crippen LogP contribution in [0.1, 0.15) is 67.3 Å². The fraction of sp³-hybridized carbons (Fsp3) is 0.417. The van der Waals surface area contributed by atoms with Gasteiger partial charge in [-0.05, 0) is 88.9 Å². The van der Waals surface area contributed by atoms with E-state index < -0.39 is 41.0 Å². The quantitative estimate of drug-likeness (QED) is 0.231. The Bertz CT molecular complexity index is 1550. The summed E-state index contributed by atoms with van der Waals surface area (Å²) in [6, 6.07) is 16.5. The summed E-state index contributed by atoms with van der Waals surface area (Å²) in [6.45, 7) is 13.9. The van der Waals surface area contributed by atoms with E-state index >= 15 is 0 Å². The van der Waals surface area contributed by atoms with Crippen LogP contribution in [0.2, 0.25) is 0 Å². The van der Waals surface area contributed by atoms with Gasteiger partial charge >= 0.3 is 0 Å². The maximum absolute atomic E-state index is 14.2. The number of hydrogen-bond donors (Lipinski definition) is 3. The van der Waals surface area contributed by atoms with Gasteiger partial charge in [-0.2, -0.15) is 0 Å². The third-order valence-corrected chi connectivity index (χ3v) is 8.23. The van der Waals surface area contributed by atoms with E-state index in [9.17, 15) is 19.5 Å². The van der Waals surface area contributed by atoms with Crippen molar-refractivity contribution in [2.45, 2.75) is 72.8 Å². The molecule has 8 nitrogen and oxygen atoms in total. The zero-order chi connectivity index (χ0) is 32.2. The average Bonchev–Trinajstić information content (AvgIpc) is 2.94. The molecule has 44 heavy (non-hydrogen) atoms. The average molecular weight is 601 g/mol. The number of nitrogens with one attached hydrogen (secondary N) is 2. The highest BCUT2D eigenvalue weighted by molar-refractivity contribution is 6.10. The van der Waals surface area contributed by atoms with E-state index in [-0.39, 0.29) is 6.42 Å². The predicted octanol–water partition coefficient (Wildman–Crippen LogP) is 6.42. The van der Waals surface area contributed by atoms with Crippen molar-refractivity contribution < 1.29 is 29.0 Å².